The van der Waals surface area contributed by atoms with Gasteiger partial charge in [0.05, 0.1) is 13.2 Å². The van der Waals surface area contributed by atoms with Crippen LogP contribution >= 0.6 is 0 Å². The highest BCUT2D eigenvalue weighted by atomic mass is 32.2. The van der Waals surface area contributed by atoms with E-state index in [0.717, 1.165) is 38.0 Å². The Balaban J connectivity index is 1.57. The molecule has 1 aromatic carbocycles. The number of hydrogen-bond acceptors (Lipinski definition) is 6. The zero-order chi connectivity index (χ0) is 21.2. The molecule has 0 bridgehead atoms. The van der Waals surface area contributed by atoms with E-state index in [-0.39, 0.29) is 22.6 Å². The fourth-order valence-electron chi connectivity index (χ4n) is 4.28. The number of pyridine rings is 1. The second-order valence-corrected chi connectivity index (χ2v) is 10.3. The fraction of sp³-hybridized carbons (Fsp3) is 0.455. The molecule has 7 nitrogen and oxygen atoms in total. The average molecular weight is 430 g/mol. The Kier molecular flexibility index (Phi) is 5.90. The Labute approximate surface area is 177 Å². The first-order valence-electron chi connectivity index (χ1n) is 10.2. The van der Waals surface area contributed by atoms with E-state index in [4.69, 9.17) is 4.74 Å². The van der Waals surface area contributed by atoms with Crippen LogP contribution < -0.4 is 4.74 Å². The molecule has 30 heavy (non-hydrogen) atoms. The van der Waals surface area contributed by atoms with Crippen LogP contribution in [0, 0.1) is 5.41 Å². The first-order chi connectivity index (χ1) is 14.4. The maximum absolute atomic E-state index is 13.3. The maximum Gasteiger partial charge on any atom is 0.247 e. The highest BCUT2D eigenvalue weighted by molar-refractivity contribution is 7.89. The van der Waals surface area contributed by atoms with Crippen molar-refractivity contribution in [2.24, 2.45) is 5.41 Å². The molecule has 3 heterocycles. The molecule has 0 unspecified atom stereocenters. The van der Waals surface area contributed by atoms with E-state index in [1.807, 2.05) is 12.3 Å². The van der Waals surface area contributed by atoms with Gasteiger partial charge in [-0.3, -0.25) is 14.7 Å². The zero-order valence-electron chi connectivity index (χ0n) is 17.2. The molecule has 1 fully saturated rings. The van der Waals surface area contributed by atoms with Gasteiger partial charge in [0.1, 0.15) is 16.4 Å². The Morgan fingerprint density at radius 2 is 1.93 bits per heavy atom. The SMILES string of the molecule is CC(=O)CN1CC2(CCN(Cc3cccnc3)CC2)COc2ccccc2S1(=O)=O. The van der Waals surface area contributed by atoms with Crippen molar-refractivity contribution >= 4 is 15.8 Å². The lowest BCUT2D eigenvalue weighted by atomic mass is 9.78. The number of para-hydroxylation sites is 1. The number of Topliss-reactive ketones (excluding diaryl/α,β-unsaturated/α-hetero) is 1. The molecule has 1 aromatic heterocycles. The summed E-state index contributed by atoms with van der Waals surface area (Å²) in [5.41, 5.74) is 0.846. The molecule has 1 saturated heterocycles. The number of benzene rings is 1. The second-order valence-electron chi connectivity index (χ2n) is 8.35. The van der Waals surface area contributed by atoms with E-state index >= 15 is 0 Å². The first kappa shape index (κ1) is 21.0. The largest absolute Gasteiger partial charge is 0.492 e. The van der Waals surface area contributed by atoms with Gasteiger partial charge in [0.25, 0.3) is 0 Å². The van der Waals surface area contributed by atoms with Crippen molar-refractivity contribution in [3.05, 3.63) is 54.4 Å². The van der Waals surface area contributed by atoms with Gasteiger partial charge in [0.15, 0.2) is 0 Å². The number of piperidine rings is 1. The predicted octanol–water partition coefficient (Wildman–Crippen LogP) is 2.34. The van der Waals surface area contributed by atoms with Crippen LogP contribution in [-0.4, -0.2) is 61.2 Å². The number of nitrogens with zero attached hydrogens (tertiary/aromatic N) is 3. The van der Waals surface area contributed by atoms with Gasteiger partial charge in [-0.05, 0) is 56.6 Å². The minimum atomic E-state index is -3.81. The lowest BCUT2D eigenvalue weighted by molar-refractivity contribution is -0.117. The number of ketones is 1. The van der Waals surface area contributed by atoms with E-state index in [9.17, 15) is 13.2 Å². The summed E-state index contributed by atoms with van der Waals surface area (Å²) in [5.74, 6) is 0.199. The van der Waals surface area contributed by atoms with E-state index in [1.54, 1.807) is 30.5 Å². The molecule has 160 valence electrons. The van der Waals surface area contributed by atoms with Gasteiger partial charge in [-0.2, -0.15) is 4.31 Å². The van der Waals surface area contributed by atoms with Crippen LogP contribution in [0.1, 0.15) is 25.3 Å². The number of sulfonamides is 1. The predicted molar refractivity (Wildman–Crippen MR) is 113 cm³/mol. The summed E-state index contributed by atoms with van der Waals surface area (Å²) in [4.78, 5) is 18.6. The van der Waals surface area contributed by atoms with Crippen LogP contribution in [0.4, 0.5) is 0 Å². The quantitative estimate of drug-likeness (QED) is 0.742. The fourth-order valence-corrected chi connectivity index (χ4v) is 5.99. The molecular formula is C22H27N3O4S. The van der Waals surface area contributed by atoms with Crippen LogP contribution in [0.25, 0.3) is 0 Å². The molecule has 4 rings (SSSR count). The third-order valence-electron chi connectivity index (χ3n) is 5.96. The van der Waals surface area contributed by atoms with Crippen molar-refractivity contribution in [1.29, 1.82) is 0 Å². The third-order valence-corrected chi connectivity index (χ3v) is 7.79. The van der Waals surface area contributed by atoms with Gasteiger partial charge in [-0.25, -0.2) is 8.42 Å². The standard InChI is InChI=1S/C22H27N3O4S/c1-18(26)14-25-16-22(17-29-20-6-2-3-7-21(20)30(25,27)28)8-11-24(12-9-22)15-19-5-4-10-23-13-19/h2-7,10,13H,8-9,11-12,14-17H2,1H3. The van der Waals surface area contributed by atoms with Gasteiger partial charge in [0, 0.05) is 30.9 Å². The van der Waals surface area contributed by atoms with Crippen LogP contribution in [0.5, 0.6) is 5.75 Å². The van der Waals surface area contributed by atoms with Crippen molar-refractivity contribution in [3.8, 4) is 5.75 Å². The minimum Gasteiger partial charge on any atom is -0.492 e. The molecular weight excluding hydrogens is 402 g/mol. The van der Waals surface area contributed by atoms with Crippen molar-refractivity contribution in [2.75, 3.05) is 32.8 Å². The van der Waals surface area contributed by atoms with Crippen molar-refractivity contribution < 1.29 is 17.9 Å². The van der Waals surface area contributed by atoms with Gasteiger partial charge >= 0.3 is 0 Å². The number of fused-ring (bicyclic) bond motifs is 1. The number of aromatic nitrogens is 1. The Morgan fingerprint density at radius 1 is 1.17 bits per heavy atom. The molecule has 0 saturated carbocycles. The Morgan fingerprint density at radius 3 is 2.63 bits per heavy atom. The molecule has 0 N–H and O–H groups in total. The molecule has 2 aliphatic heterocycles. The van der Waals surface area contributed by atoms with Crippen LogP contribution in [0.2, 0.25) is 0 Å². The van der Waals surface area contributed by atoms with Crippen LogP contribution in [-0.2, 0) is 21.4 Å². The molecule has 0 amide bonds. The molecule has 2 aromatic rings. The highest BCUT2D eigenvalue weighted by Crippen LogP contribution is 2.39. The molecule has 0 aliphatic carbocycles. The Bertz CT molecular complexity index is 1000. The average Bonchev–Trinajstić information content (AvgIpc) is 2.73. The van der Waals surface area contributed by atoms with E-state index in [0.29, 0.717) is 18.9 Å². The highest BCUT2D eigenvalue weighted by Gasteiger charge is 2.43. The summed E-state index contributed by atoms with van der Waals surface area (Å²) in [5, 5.41) is 0. The topological polar surface area (TPSA) is 79.8 Å². The van der Waals surface area contributed by atoms with E-state index < -0.39 is 10.0 Å². The molecule has 2 aliphatic rings. The molecule has 0 radical (unpaired) electrons. The van der Waals surface area contributed by atoms with Crippen molar-refractivity contribution in [1.82, 2.24) is 14.2 Å². The number of hydrogen-bond donors (Lipinski definition) is 0. The van der Waals surface area contributed by atoms with Crippen LogP contribution in [0.15, 0.2) is 53.7 Å². The molecule has 1 spiro atoms. The Hall–Kier alpha value is -2.29. The van der Waals surface area contributed by atoms with Gasteiger partial charge in [-0.15, -0.1) is 0 Å². The van der Waals surface area contributed by atoms with Gasteiger partial charge in [-0.1, -0.05) is 18.2 Å². The van der Waals surface area contributed by atoms with Crippen molar-refractivity contribution in [3.63, 3.8) is 0 Å². The summed E-state index contributed by atoms with van der Waals surface area (Å²) >= 11 is 0. The molecule has 0 atom stereocenters. The number of ether oxygens (including phenoxy) is 1. The smallest absolute Gasteiger partial charge is 0.247 e. The van der Waals surface area contributed by atoms with Gasteiger partial charge in [0.2, 0.25) is 10.0 Å². The number of rotatable bonds is 4. The summed E-state index contributed by atoms with van der Waals surface area (Å²) < 4.78 is 34.0. The lowest BCUT2D eigenvalue weighted by Crippen LogP contribution is -2.52. The minimum absolute atomic E-state index is 0.113. The lowest BCUT2D eigenvalue weighted by Gasteiger charge is -2.44. The first-order valence-corrected chi connectivity index (χ1v) is 11.6. The zero-order valence-corrected chi connectivity index (χ0v) is 18.0. The summed E-state index contributed by atoms with van der Waals surface area (Å²) in [6.07, 6.45) is 5.25. The van der Waals surface area contributed by atoms with Crippen molar-refractivity contribution in [2.45, 2.75) is 31.2 Å². The van der Waals surface area contributed by atoms with E-state index in [2.05, 4.69) is 16.0 Å². The number of carbonyl (C=O) groups excluding carboxylic acids is 1. The number of likely N-dealkylation sites (tertiary alicyclic amines) is 1. The second kappa shape index (κ2) is 8.45. The van der Waals surface area contributed by atoms with Gasteiger partial charge < -0.3 is 4.74 Å². The number of carbonyl (C=O) groups is 1. The molecule has 8 heteroatoms. The summed E-state index contributed by atoms with van der Waals surface area (Å²) in [6, 6.07) is 10.7. The maximum atomic E-state index is 13.3. The van der Waals surface area contributed by atoms with Crippen LogP contribution in [0.3, 0.4) is 0 Å². The summed E-state index contributed by atoms with van der Waals surface area (Å²) in [6.45, 7) is 4.56. The summed E-state index contributed by atoms with van der Waals surface area (Å²) in [7, 11) is -3.81. The third kappa shape index (κ3) is 4.40. The normalized spacial score (nSPS) is 21.2. The monoisotopic (exact) mass is 429 g/mol. The van der Waals surface area contributed by atoms with E-state index in [1.165, 1.54) is 11.2 Å².